The zero-order valence-electron chi connectivity index (χ0n) is 19.1. The number of benzene rings is 2. The molecule has 0 fully saturated rings. The van der Waals surface area contributed by atoms with E-state index >= 15 is 0 Å². The van der Waals surface area contributed by atoms with Crippen molar-refractivity contribution in [1.82, 2.24) is 15.0 Å². The van der Waals surface area contributed by atoms with Gasteiger partial charge in [-0.3, -0.25) is 14.2 Å². The van der Waals surface area contributed by atoms with Gasteiger partial charge in [0.2, 0.25) is 0 Å². The quantitative estimate of drug-likeness (QED) is 0.156. The summed E-state index contributed by atoms with van der Waals surface area (Å²) in [5.74, 6) is -0.206. The number of carbonyl (C=O) groups is 1. The van der Waals surface area contributed by atoms with Crippen LogP contribution in [0.2, 0.25) is 5.02 Å². The zero-order valence-corrected chi connectivity index (χ0v) is 21.5. The number of fused-ring (bicyclic) bond motifs is 3. The predicted molar refractivity (Wildman–Crippen MR) is 145 cm³/mol. The largest absolute Gasteiger partial charge is 0.272 e. The van der Waals surface area contributed by atoms with Crippen LogP contribution in [-0.2, 0) is 17.6 Å². The van der Waals surface area contributed by atoms with Crippen LogP contribution in [0.3, 0.4) is 0 Å². The summed E-state index contributed by atoms with van der Waals surface area (Å²) in [6.07, 6.45) is 5.71. The van der Waals surface area contributed by atoms with Crippen molar-refractivity contribution in [1.29, 1.82) is 0 Å². The Hall–Kier alpha value is -2.94. The normalized spacial score (nSPS) is 13.3. The maximum absolute atomic E-state index is 13.7. The summed E-state index contributed by atoms with van der Waals surface area (Å²) in [6, 6.07) is 14.9. The molecular formula is C26H23ClN4O2S2. The highest BCUT2D eigenvalue weighted by Crippen LogP contribution is 2.35. The molecule has 1 aliphatic rings. The minimum atomic E-state index is -0.277. The van der Waals surface area contributed by atoms with E-state index in [1.807, 2.05) is 31.2 Å². The van der Waals surface area contributed by atoms with Crippen molar-refractivity contribution in [3.63, 3.8) is 0 Å². The number of aromatic nitrogens is 2. The molecule has 1 N–H and O–H groups in total. The third-order valence-electron chi connectivity index (χ3n) is 5.86. The summed E-state index contributed by atoms with van der Waals surface area (Å²) >= 11 is 8.90. The molecule has 6 nitrogen and oxygen atoms in total. The highest BCUT2D eigenvalue weighted by Gasteiger charge is 2.23. The Morgan fingerprint density at radius 3 is 2.69 bits per heavy atom. The Morgan fingerprint density at radius 2 is 1.91 bits per heavy atom. The lowest BCUT2D eigenvalue weighted by molar-refractivity contribution is -0.118. The second-order valence-corrected chi connectivity index (χ2v) is 10.9. The second kappa shape index (κ2) is 10.4. The van der Waals surface area contributed by atoms with Gasteiger partial charge in [0.1, 0.15) is 4.83 Å². The molecule has 178 valence electrons. The van der Waals surface area contributed by atoms with Crippen LogP contribution in [-0.4, -0.2) is 27.4 Å². The lowest BCUT2D eigenvalue weighted by Crippen LogP contribution is -2.24. The third kappa shape index (κ3) is 5.19. The Balaban J connectivity index is 1.42. The molecule has 9 heteroatoms. The molecule has 1 amide bonds. The minimum Gasteiger partial charge on any atom is -0.272 e. The van der Waals surface area contributed by atoms with E-state index in [0.717, 1.165) is 47.2 Å². The number of hydrogen-bond acceptors (Lipinski definition) is 6. The summed E-state index contributed by atoms with van der Waals surface area (Å²) < 4.78 is 1.59. The van der Waals surface area contributed by atoms with Gasteiger partial charge in [0.15, 0.2) is 5.16 Å². The summed E-state index contributed by atoms with van der Waals surface area (Å²) in [6.45, 7) is 2.01. The number of thiophene rings is 1. The number of amides is 1. The van der Waals surface area contributed by atoms with Crippen molar-refractivity contribution in [3.05, 3.63) is 85.5 Å². The lowest BCUT2D eigenvalue weighted by atomic mass is 9.97. The van der Waals surface area contributed by atoms with Gasteiger partial charge in [-0.2, -0.15) is 5.10 Å². The van der Waals surface area contributed by atoms with Crippen LogP contribution < -0.4 is 11.0 Å². The van der Waals surface area contributed by atoms with E-state index in [-0.39, 0.29) is 17.2 Å². The fourth-order valence-electron chi connectivity index (χ4n) is 4.09. The Morgan fingerprint density at radius 1 is 1.17 bits per heavy atom. The van der Waals surface area contributed by atoms with Crippen LogP contribution in [0.1, 0.15) is 34.4 Å². The fraction of sp³-hybridized carbons (Fsp3) is 0.231. The molecule has 0 saturated heterocycles. The molecule has 0 atom stereocenters. The van der Waals surface area contributed by atoms with Crippen molar-refractivity contribution < 1.29 is 4.79 Å². The van der Waals surface area contributed by atoms with Crippen LogP contribution in [0.5, 0.6) is 0 Å². The first kappa shape index (κ1) is 23.8. The van der Waals surface area contributed by atoms with E-state index < -0.39 is 0 Å². The van der Waals surface area contributed by atoms with E-state index in [1.54, 1.807) is 46.4 Å². The van der Waals surface area contributed by atoms with Crippen LogP contribution in [0, 0.1) is 6.92 Å². The number of carbonyl (C=O) groups excluding carboxylic acids is 1. The predicted octanol–water partition coefficient (Wildman–Crippen LogP) is 5.53. The highest BCUT2D eigenvalue weighted by atomic mass is 35.5. The number of nitrogens with one attached hydrogen (secondary N) is 1. The number of hydrazone groups is 1. The van der Waals surface area contributed by atoms with Gasteiger partial charge in [0, 0.05) is 9.90 Å². The fourth-order valence-corrected chi connectivity index (χ4v) is 6.33. The Bertz CT molecular complexity index is 1470. The Labute approximate surface area is 216 Å². The van der Waals surface area contributed by atoms with Gasteiger partial charge in [-0.25, -0.2) is 10.4 Å². The average molecular weight is 523 g/mol. The third-order valence-corrected chi connectivity index (χ3v) is 8.23. The maximum atomic E-state index is 13.7. The number of rotatable bonds is 6. The number of thioether (sulfide) groups is 1. The summed E-state index contributed by atoms with van der Waals surface area (Å²) in [5, 5.41) is 5.81. The van der Waals surface area contributed by atoms with Gasteiger partial charge in [-0.1, -0.05) is 53.2 Å². The second-order valence-electron chi connectivity index (χ2n) is 8.39. The van der Waals surface area contributed by atoms with Crippen molar-refractivity contribution in [2.45, 2.75) is 37.8 Å². The van der Waals surface area contributed by atoms with Gasteiger partial charge >= 0.3 is 0 Å². The van der Waals surface area contributed by atoms with Gasteiger partial charge in [0.25, 0.3) is 11.5 Å². The summed E-state index contributed by atoms with van der Waals surface area (Å²) in [4.78, 5) is 33.0. The smallest absolute Gasteiger partial charge is 0.267 e. The number of nitrogens with zero attached hydrogens (tertiary/aromatic N) is 3. The van der Waals surface area contributed by atoms with E-state index in [1.165, 1.54) is 16.6 Å². The van der Waals surface area contributed by atoms with Gasteiger partial charge in [-0.15, -0.1) is 11.3 Å². The molecular weight excluding hydrogens is 500 g/mol. The standard InChI is InChI=1S/C26H23ClN4O2S2/c1-16-6-8-17(9-7-16)14-28-30-22(32)15-34-26-29-24-23(20-4-2-3-5-21(20)35-24)25(33)31(26)19-12-10-18(27)11-13-19/h6-14H,2-5,15H2,1H3,(H,30,32). The first-order chi connectivity index (χ1) is 17.0. The first-order valence-corrected chi connectivity index (χ1v) is 13.5. The molecule has 1 aliphatic carbocycles. The van der Waals surface area contributed by atoms with Gasteiger partial charge < -0.3 is 0 Å². The molecule has 0 bridgehead atoms. The molecule has 0 unspecified atom stereocenters. The van der Waals surface area contributed by atoms with E-state index in [0.29, 0.717) is 21.3 Å². The molecule has 35 heavy (non-hydrogen) atoms. The zero-order chi connectivity index (χ0) is 24.4. The van der Waals surface area contributed by atoms with Crippen LogP contribution in [0.4, 0.5) is 0 Å². The SMILES string of the molecule is Cc1ccc(C=NNC(=O)CSc2nc3sc4c(c3c(=O)n2-c2ccc(Cl)cc2)CCCC4)cc1. The molecule has 4 aromatic rings. The number of aryl methyl sites for hydroxylation is 3. The van der Waals surface area contributed by atoms with Gasteiger partial charge in [-0.05, 0) is 68.0 Å². The van der Waals surface area contributed by atoms with Crippen molar-refractivity contribution in [3.8, 4) is 5.69 Å². The Kier molecular flexibility index (Phi) is 7.04. The molecule has 2 aromatic heterocycles. The minimum absolute atomic E-state index is 0.0713. The first-order valence-electron chi connectivity index (χ1n) is 11.3. The average Bonchev–Trinajstić information content (AvgIpc) is 3.23. The van der Waals surface area contributed by atoms with Crippen molar-refractivity contribution >= 4 is 57.0 Å². The van der Waals surface area contributed by atoms with Crippen molar-refractivity contribution in [2.75, 3.05) is 5.75 Å². The lowest BCUT2D eigenvalue weighted by Gasteiger charge is -2.13. The monoisotopic (exact) mass is 522 g/mol. The summed E-state index contributed by atoms with van der Waals surface area (Å²) in [5.41, 5.74) is 6.32. The van der Waals surface area contributed by atoms with E-state index in [4.69, 9.17) is 16.6 Å². The number of halogens is 1. The van der Waals surface area contributed by atoms with Crippen molar-refractivity contribution in [2.24, 2.45) is 5.10 Å². The van der Waals surface area contributed by atoms with Crippen LogP contribution >= 0.6 is 34.7 Å². The molecule has 5 rings (SSSR count). The van der Waals surface area contributed by atoms with Gasteiger partial charge in [0.05, 0.1) is 23.0 Å². The molecule has 2 aromatic carbocycles. The molecule has 0 radical (unpaired) electrons. The van der Waals surface area contributed by atoms with Crippen LogP contribution in [0.25, 0.3) is 15.9 Å². The molecule has 0 aliphatic heterocycles. The maximum Gasteiger partial charge on any atom is 0.267 e. The topological polar surface area (TPSA) is 76.3 Å². The molecule has 0 spiro atoms. The number of hydrogen-bond donors (Lipinski definition) is 1. The van der Waals surface area contributed by atoms with Crippen LogP contribution in [0.15, 0.2) is 63.6 Å². The molecule has 0 saturated carbocycles. The molecule has 2 heterocycles. The summed E-state index contributed by atoms with van der Waals surface area (Å²) in [7, 11) is 0. The van der Waals surface area contributed by atoms with E-state index in [9.17, 15) is 9.59 Å². The highest BCUT2D eigenvalue weighted by molar-refractivity contribution is 7.99. The van der Waals surface area contributed by atoms with E-state index in [2.05, 4.69) is 10.5 Å².